The molecule has 1 unspecified atom stereocenters. The van der Waals surface area contributed by atoms with Crippen LogP contribution in [0.5, 0.6) is 0 Å². The van der Waals surface area contributed by atoms with Crippen LogP contribution in [0, 0.1) is 5.92 Å². The molecule has 1 aliphatic heterocycles. The lowest BCUT2D eigenvalue weighted by molar-refractivity contribution is -0.129. The van der Waals surface area contributed by atoms with Crippen LogP contribution in [0.15, 0.2) is 43.0 Å². The first-order valence-electron chi connectivity index (χ1n) is 8.21. The fourth-order valence-electron chi connectivity index (χ4n) is 2.58. The van der Waals surface area contributed by atoms with Gasteiger partial charge < -0.3 is 20.3 Å². The van der Waals surface area contributed by atoms with Crippen LogP contribution in [0.1, 0.15) is 12.0 Å². The molecule has 0 saturated carbocycles. The number of hydrogen-bond acceptors (Lipinski definition) is 4. The quantitative estimate of drug-likeness (QED) is 0.545. The Morgan fingerprint density at radius 2 is 1.96 bits per heavy atom. The monoisotopic (exact) mass is 345 g/mol. The van der Waals surface area contributed by atoms with Gasteiger partial charge in [0.2, 0.25) is 11.8 Å². The van der Waals surface area contributed by atoms with Crippen LogP contribution in [-0.2, 0) is 20.9 Å². The molecule has 1 atom stereocenters. The summed E-state index contributed by atoms with van der Waals surface area (Å²) in [6.45, 7) is 5.05. The summed E-state index contributed by atoms with van der Waals surface area (Å²) in [4.78, 5) is 37.2. The minimum absolute atomic E-state index is 0.0184. The highest BCUT2D eigenvalue weighted by atomic mass is 16.5. The molecular formula is C18H23N3O4. The third-order valence-electron chi connectivity index (χ3n) is 3.83. The Bertz CT molecular complexity index is 618. The van der Waals surface area contributed by atoms with Gasteiger partial charge >= 0.3 is 6.09 Å². The second-order valence-electron chi connectivity index (χ2n) is 5.77. The molecule has 7 heteroatoms. The maximum Gasteiger partial charge on any atom is 0.407 e. The van der Waals surface area contributed by atoms with Crippen LogP contribution in [-0.4, -0.2) is 49.0 Å². The Labute approximate surface area is 147 Å². The van der Waals surface area contributed by atoms with Gasteiger partial charge in [0.05, 0.1) is 5.92 Å². The fraction of sp³-hybridized carbons (Fsp3) is 0.389. The molecule has 2 N–H and O–H groups in total. The summed E-state index contributed by atoms with van der Waals surface area (Å²) >= 11 is 0. The van der Waals surface area contributed by atoms with E-state index in [-0.39, 0.29) is 43.8 Å². The van der Waals surface area contributed by atoms with Crippen LogP contribution in [0.25, 0.3) is 0 Å². The molecule has 3 amide bonds. The second-order valence-corrected chi connectivity index (χ2v) is 5.77. The summed E-state index contributed by atoms with van der Waals surface area (Å²) < 4.78 is 4.75. The molecule has 134 valence electrons. The number of ether oxygens (including phenoxy) is 1. The molecule has 0 aliphatic carbocycles. The first-order valence-corrected chi connectivity index (χ1v) is 8.21. The standard InChI is InChI=1S/C18H23N3O4/c1-2-10-25-18(24)20-9-8-19-17(23)15-11-16(22)21(13-15)12-14-6-4-3-5-7-14/h2-7,15H,1,8-13H2,(H,19,23)(H,20,24). The van der Waals surface area contributed by atoms with E-state index in [1.54, 1.807) is 4.90 Å². The van der Waals surface area contributed by atoms with Gasteiger partial charge in [-0.2, -0.15) is 0 Å². The van der Waals surface area contributed by atoms with Crippen LogP contribution < -0.4 is 10.6 Å². The average molecular weight is 345 g/mol. The van der Waals surface area contributed by atoms with Gasteiger partial charge in [-0.3, -0.25) is 9.59 Å². The SMILES string of the molecule is C=CCOC(=O)NCCNC(=O)C1CC(=O)N(Cc2ccccc2)C1. The number of rotatable bonds is 8. The summed E-state index contributed by atoms with van der Waals surface area (Å²) in [5.41, 5.74) is 1.04. The minimum atomic E-state index is -0.556. The summed E-state index contributed by atoms with van der Waals surface area (Å²) in [5.74, 6) is -0.552. The van der Waals surface area contributed by atoms with Crippen molar-refractivity contribution in [2.75, 3.05) is 26.2 Å². The number of benzene rings is 1. The van der Waals surface area contributed by atoms with Crippen molar-refractivity contribution in [2.24, 2.45) is 5.92 Å². The number of likely N-dealkylation sites (tertiary alicyclic amines) is 1. The highest BCUT2D eigenvalue weighted by Crippen LogP contribution is 2.20. The van der Waals surface area contributed by atoms with Crippen molar-refractivity contribution in [1.82, 2.24) is 15.5 Å². The maximum absolute atomic E-state index is 12.2. The van der Waals surface area contributed by atoms with Gasteiger partial charge in [-0.25, -0.2) is 4.79 Å². The molecule has 1 aliphatic rings. The molecule has 1 fully saturated rings. The molecule has 1 aromatic rings. The van der Waals surface area contributed by atoms with E-state index >= 15 is 0 Å². The van der Waals surface area contributed by atoms with E-state index in [1.807, 2.05) is 30.3 Å². The summed E-state index contributed by atoms with van der Waals surface area (Å²) in [6.07, 6.45) is 1.13. The van der Waals surface area contributed by atoms with E-state index in [0.717, 1.165) is 5.56 Å². The summed E-state index contributed by atoms with van der Waals surface area (Å²) in [7, 11) is 0. The third-order valence-corrected chi connectivity index (χ3v) is 3.83. The van der Waals surface area contributed by atoms with Gasteiger partial charge in [0.25, 0.3) is 0 Å². The van der Waals surface area contributed by atoms with Crippen LogP contribution >= 0.6 is 0 Å². The lowest BCUT2D eigenvalue weighted by atomic mass is 10.1. The minimum Gasteiger partial charge on any atom is -0.445 e. The number of nitrogens with one attached hydrogen (secondary N) is 2. The molecule has 0 spiro atoms. The Morgan fingerprint density at radius 1 is 1.24 bits per heavy atom. The van der Waals surface area contributed by atoms with Crippen LogP contribution in [0.4, 0.5) is 4.79 Å². The molecule has 7 nitrogen and oxygen atoms in total. The van der Waals surface area contributed by atoms with Gasteiger partial charge in [0.1, 0.15) is 6.61 Å². The van der Waals surface area contributed by atoms with E-state index in [9.17, 15) is 14.4 Å². The zero-order valence-corrected chi connectivity index (χ0v) is 14.1. The van der Waals surface area contributed by atoms with Gasteiger partial charge in [-0.15, -0.1) is 0 Å². The molecule has 0 radical (unpaired) electrons. The molecule has 1 aromatic carbocycles. The number of carbonyl (C=O) groups is 3. The fourth-order valence-corrected chi connectivity index (χ4v) is 2.58. The van der Waals surface area contributed by atoms with Crippen molar-refractivity contribution in [3.63, 3.8) is 0 Å². The van der Waals surface area contributed by atoms with E-state index in [0.29, 0.717) is 13.1 Å². The van der Waals surface area contributed by atoms with Gasteiger partial charge in [0.15, 0.2) is 0 Å². The molecule has 0 aromatic heterocycles. The predicted molar refractivity (Wildman–Crippen MR) is 92.5 cm³/mol. The highest BCUT2D eigenvalue weighted by Gasteiger charge is 2.33. The highest BCUT2D eigenvalue weighted by molar-refractivity contribution is 5.89. The van der Waals surface area contributed by atoms with Crippen LogP contribution in [0.2, 0.25) is 0 Å². The molecule has 25 heavy (non-hydrogen) atoms. The van der Waals surface area contributed by atoms with Gasteiger partial charge in [0, 0.05) is 32.6 Å². The Kier molecular flexibility index (Phi) is 7.00. The average Bonchev–Trinajstić information content (AvgIpc) is 2.98. The smallest absolute Gasteiger partial charge is 0.407 e. The molecule has 1 saturated heterocycles. The van der Waals surface area contributed by atoms with E-state index in [1.165, 1.54) is 6.08 Å². The number of amides is 3. The molecule has 2 rings (SSSR count). The maximum atomic E-state index is 12.2. The predicted octanol–water partition coefficient (Wildman–Crippen LogP) is 1.06. The summed E-state index contributed by atoms with van der Waals surface area (Å²) in [6, 6.07) is 9.68. The first-order chi connectivity index (χ1) is 12.1. The number of carbonyl (C=O) groups excluding carboxylic acids is 3. The normalized spacial score (nSPS) is 16.4. The Balaban J connectivity index is 1.69. The van der Waals surface area contributed by atoms with E-state index in [2.05, 4.69) is 17.2 Å². The van der Waals surface area contributed by atoms with Crippen molar-refractivity contribution < 1.29 is 19.1 Å². The largest absolute Gasteiger partial charge is 0.445 e. The second kappa shape index (κ2) is 9.46. The molecule has 1 heterocycles. The van der Waals surface area contributed by atoms with E-state index in [4.69, 9.17) is 4.74 Å². The van der Waals surface area contributed by atoms with Gasteiger partial charge in [-0.1, -0.05) is 43.0 Å². The zero-order chi connectivity index (χ0) is 18.1. The first kappa shape index (κ1) is 18.5. The lowest BCUT2D eigenvalue weighted by Gasteiger charge is -2.16. The number of nitrogens with zero attached hydrogens (tertiary/aromatic N) is 1. The molecular weight excluding hydrogens is 322 g/mol. The summed E-state index contributed by atoms with van der Waals surface area (Å²) in [5, 5.41) is 5.25. The van der Waals surface area contributed by atoms with E-state index < -0.39 is 6.09 Å². The van der Waals surface area contributed by atoms with Crippen molar-refractivity contribution >= 4 is 17.9 Å². The Hall–Kier alpha value is -2.83. The zero-order valence-electron chi connectivity index (χ0n) is 14.1. The van der Waals surface area contributed by atoms with Crippen molar-refractivity contribution in [1.29, 1.82) is 0 Å². The van der Waals surface area contributed by atoms with Crippen molar-refractivity contribution in [3.05, 3.63) is 48.6 Å². The Morgan fingerprint density at radius 3 is 2.68 bits per heavy atom. The van der Waals surface area contributed by atoms with Gasteiger partial charge in [-0.05, 0) is 5.56 Å². The van der Waals surface area contributed by atoms with Crippen molar-refractivity contribution in [3.8, 4) is 0 Å². The van der Waals surface area contributed by atoms with Crippen LogP contribution in [0.3, 0.4) is 0 Å². The number of hydrogen-bond donors (Lipinski definition) is 2. The van der Waals surface area contributed by atoms with Crippen molar-refractivity contribution in [2.45, 2.75) is 13.0 Å². The molecule has 0 bridgehead atoms. The number of alkyl carbamates (subject to hydrolysis) is 1. The third kappa shape index (κ3) is 5.95. The lowest BCUT2D eigenvalue weighted by Crippen LogP contribution is -2.38. The topological polar surface area (TPSA) is 87.7 Å².